The third kappa shape index (κ3) is 4.32. The Hall–Kier alpha value is -0.860. The van der Waals surface area contributed by atoms with Crippen molar-refractivity contribution in [1.82, 2.24) is 5.32 Å². The first-order valence-electron chi connectivity index (χ1n) is 7.71. The van der Waals surface area contributed by atoms with Crippen LogP contribution in [0.3, 0.4) is 0 Å². The molecule has 1 saturated carbocycles. The summed E-state index contributed by atoms with van der Waals surface area (Å²) in [6.07, 6.45) is 5.42. The predicted octanol–water partition coefficient (Wildman–Crippen LogP) is 3.89. The molecule has 0 saturated heterocycles. The van der Waals surface area contributed by atoms with Crippen LogP contribution in [0.5, 0.6) is 0 Å². The van der Waals surface area contributed by atoms with E-state index in [4.69, 9.17) is 4.74 Å². The van der Waals surface area contributed by atoms with Crippen molar-refractivity contribution in [2.45, 2.75) is 58.7 Å². The van der Waals surface area contributed by atoms with E-state index in [1.165, 1.54) is 36.8 Å². The van der Waals surface area contributed by atoms with Crippen LogP contribution in [0.15, 0.2) is 24.3 Å². The lowest BCUT2D eigenvalue weighted by Gasteiger charge is -2.15. The van der Waals surface area contributed by atoms with E-state index in [9.17, 15) is 0 Å². The highest BCUT2D eigenvalue weighted by atomic mass is 16.5. The van der Waals surface area contributed by atoms with Gasteiger partial charge < -0.3 is 10.1 Å². The van der Waals surface area contributed by atoms with Gasteiger partial charge in [0.1, 0.15) is 0 Å². The fraction of sp³-hybridized carbons (Fsp3) is 0.647. The zero-order valence-electron chi connectivity index (χ0n) is 12.3. The molecule has 0 bridgehead atoms. The second-order valence-electron chi connectivity index (χ2n) is 5.57. The van der Waals surface area contributed by atoms with Gasteiger partial charge in [0.15, 0.2) is 0 Å². The van der Waals surface area contributed by atoms with Crippen LogP contribution in [0.4, 0.5) is 0 Å². The Morgan fingerprint density at radius 1 is 1.16 bits per heavy atom. The molecule has 0 heterocycles. The van der Waals surface area contributed by atoms with E-state index in [2.05, 4.69) is 36.5 Å². The molecule has 1 aromatic rings. The van der Waals surface area contributed by atoms with Gasteiger partial charge in [-0.2, -0.15) is 0 Å². The van der Waals surface area contributed by atoms with Gasteiger partial charge >= 0.3 is 0 Å². The maximum Gasteiger partial charge on any atom is 0.0719 e. The van der Waals surface area contributed by atoms with Crippen LogP contribution in [-0.4, -0.2) is 12.6 Å². The second kappa shape index (κ2) is 7.66. The summed E-state index contributed by atoms with van der Waals surface area (Å²) in [6.45, 7) is 6.85. The molecule has 1 aromatic carbocycles. The van der Waals surface area contributed by atoms with Crippen LogP contribution >= 0.6 is 0 Å². The number of benzene rings is 1. The minimum atomic E-state index is 0.713. The molecular weight excluding hydrogens is 234 g/mol. The monoisotopic (exact) mass is 261 g/mol. The van der Waals surface area contributed by atoms with Gasteiger partial charge in [-0.3, -0.25) is 0 Å². The van der Waals surface area contributed by atoms with Crippen molar-refractivity contribution in [2.24, 2.45) is 5.92 Å². The van der Waals surface area contributed by atoms with Crippen molar-refractivity contribution in [2.75, 3.05) is 6.61 Å². The highest BCUT2D eigenvalue weighted by Gasteiger charge is 2.22. The van der Waals surface area contributed by atoms with Crippen molar-refractivity contribution in [3.05, 3.63) is 35.4 Å². The van der Waals surface area contributed by atoms with Crippen molar-refractivity contribution in [3.8, 4) is 0 Å². The minimum Gasteiger partial charge on any atom is -0.377 e. The zero-order valence-corrected chi connectivity index (χ0v) is 12.3. The summed E-state index contributed by atoms with van der Waals surface area (Å²) in [4.78, 5) is 0. The molecule has 1 aliphatic rings. The molecular formula is C17H27NO. The number of ether oxygens (including phenoxy) is 1. The standard InChI is InChI=1S/C17H27NO/c1-3-14-9-10-17(11-14)18-12-15-7-5-6-8-16(15)13-19-4-2/h5-8,14,17-18H,3-4,9-13H2,1-2H3. The van der Waals surface area contributed by atoms with Crippen molar-refractivity contribution in [1.29, 1.82) is 0 Å². The van der Waals surface area contributed by atoms with E-state index < -0.39 is 0 Å². The van der Waals surface area contributed by atoms with E-state index in [1.54, 1.807) is 0 Å². The van der Waals surface area contributed by atoms with Crippen LogP contribution in [-0.2, 0) is 17.9 Å². The summed E-state index contributed by atoms with van der Waals surface area (Å²) < 4.78 is 5.54. The van der Waals surface area contributed by atoms with Gasteiger partial charge in [0.05, 0.1) is 6.61 Å². The molecule has 2 nitrogen and oxygen atoms in total. The fourth-order valence-corrected chi connectivity index (χ4v) is 2.97. The van der Waals surface area contributed by atoms with Crippen LogP contribution in [0.2, 0.25) is 0 Å². The van der Waals surface area contributed by atoms with Crippen LogP contribution in [0.1, 0.15) is 50.7 Å². The average Bonchev–Trinajstić information content (AvgIpc) is 2.91. The fourth-order valence-electron chi connectivity index (χ4n) is 2.97. The highest BCUT2D eigenvalue weighted by Crippen LogP contribution is 2.28. The van der Waals surface area contributed by atoms with Gasteiger partial charge in [0.2, 0.25) is 0 Å². The molecule has 0 spiro atoms. The van der Waals surface area contributed by atoms with E-state index in [-0.39, 0.29) is 0 Å². The van der Waals surface area contributed by atoms with Crippen LogP contribution < -0.4 is 5.32 Å². The SMILES string of the molecule is CCOCc1ccccc1CNC1CCC(CC)C1. The largest absolute Gasteiger partial charge is 0.377 e. The van der Waals surface area contributed by atoms with E-state index in [0.717, 1.165) is 25.7 Å². The average molecular weight is 261 g/mol. The van der Waals surface area contributed by atoms with Crippen molar-refractivity contribution < 1.29 is 4.74 Å². The molecule has 1 aliphatic carbocycles. The Balaban J connectivity index is 1.85. The molecule has 2 heteroatoms. The number of hydrogen-bond acceptors (Lipinski definition) is 2. The van der Waals surface area contributed by atoms with Gasteiger partial charge in [-0.25, -0.2) is 0 Å². The van der Waals surface area contributed by atoms with Gasteiger partial charge in [-0.1, -0.05) is 37.6 Å². The molecule has 2 unspecified atom stereocenters. The summed E-state index contributed by atoms with van der Waals surface area (Å²) in [7, 11) is 0. The first kappa shape index (κ1) is 14.5. The van der Waals surface area contributed by atoms with Crippen LogP contribution in [0, 0.1) is 5.92 Å². The van der Waals surface area contributed by atoms with Crippen molar-refractivity contribution >= 4 is 0 Å². The Labute approximate surface area is 117 Å². The molecule has 0 radical (unpaired) electrons. The molecule has 19 heavy (non-hydrogen) atoms. The molecule has 106 valence electrons. The molecule has 1 fully saturated rings. The lowest BCUT2D eigenvalue weighted by Crippen LogP contribution is -2.26. The van der Waals surface area contributed by atoms with Gasteiger partial charge in [0, 0.05) is 19.2 Å². The minimum absolute atomic E-state index is 0.713. The predicted molar refractivity (Wildman–Crippen MR) is 80.0 cm³/mol. The van der Waals surface area contributed by atoms with Crippen molar-refractivity contribution in [3.63, 3.8) is 0 Å². The van der Waals surface area contributed by atoms with Crippen LogP contribution in [0.25, 0.3) is 0 Å². The lowest BCUT2D eigenvalue weighted by molar-refractivity contribution is 0.133. The number of nitrogens with one attached hydrogen (secondary N) is 1. The normalized spacial score (nSPS) is 22.8. The van der Waals surface area contributed by atoms with E-state index in [0.29, 0.717) is 6.04 Å². The smallest absolute Gasteiger partial charge is 0.0719 e. The van der Waals surface area contributed by atoms with Gasteiger partial charge in [0.25, 0.3) is 0 Å². The third-order valence-corrected chi connectivity index (χ3v) is 4.28. The summed E-state index contributed by atoms with van der Waals surface area (Å²) in [5.41, 5.74) is 2.71. The molecule has 0 aliphatic heterocycles. The molecule has 0 amide bonds. The summed E-state index contributed by atoms with van der Waals surface area (Å²) in [5, 5.41) is 3.72. The molecule has 1 N–H and O–H groups in total. The molecule has 2 rings (SSSR count). The Kier molecular flexibility index (Phi) is 5.87. The number of hydrogen-bond donors (Lipinski definition) is 1. The first-order valence-corrected chi connectivity index (χ1v) is 7.71. The Bertz CT molecular complexity index is 377. The Morgan fingerprint density at radius 2 is 1.95 bits per heavy atom. The maximum absolute atomic E-state index is 5.54. The first-order chi connectivity index (χ1) is 9.33. The van der Waals surface area contributed by atoms with E-state index >= 15 is 0 Å². The quantitative estimate of drug-likeness (QED) is 0.804. The van der Waals surface area contributed by atoms with Gasteiger partial charge in [-0.15, -0.1) is 0 Å². The highest BCUT2D eigenvalue weighted by molar-refractivity contribution is 5.26. The zero-order chi connectivity index (χ0) is 13.5. The summed E-state index contributed by atoms with van der Waals surface area (Å²) in [5.74, 6) is 0.941. The summed E-state index contributed by atoms with van der Waals surface area (Å²) >= 11 is 0. The molecule has 0 aromatic heterocycles. The third-order valence-electron chi connectivity index (χ3n) is 4.28. The van der Waals surface area contributed by atoms with E-state index in [1.807, 2.05) is 6.92 Å². The topological polar surface area (TPSA) is 21.3 Å². The summed E-state index contributed by atoms with van der Waals surface area (Å²) in [6, 6.07) is 9.32. The van der Waals surface area contributed by atoms with Gasteiger partial charge in [-0.05, 0) is 43.2 Å². The number of rotatable bonds is 7. The lowest BCUT2D eigenvalue weighted by atomic mass is 10.1. The second-order valence-corrected chi connectivity index (χ2v) is 5.57. The Morgan fingerprint density at radius 3 is 2.63 bits per heavy atom. The molecule has 2 atom stereocenters. The maximum atomic E-state index is 5.54.